The average Bonchev–Trinajstić information content (AvgIpc) is 3.17. The van der Waals surface area contributed by atoms with E-state index in [4.69, 9.17) is 4.99 Å². The summed E-state index contributed by atoms with van der Waals surface area (Å²) in [7, 11) is 0. The van der Waals surface area contributed by atoms with Crippen LogP contribution in [-0.4, -0.2) is 9.67 Å². The summed E-state index contributed by atoms with van der Waals surface area (Å²) in [5, 5.41) is 13.4. The van der Waals surface area contributed by atoms with E-state index in [9.17, 15) is 5.11 Å². The zero-order valence-corrected chi connectivity index (χ0v) is 23.2. The van der Waals surface area contributed by atoms with Crippen LogP contribution in [0.5, 0.6) is 5.75 Å². The van der Waals surface area contributed by atoms with Crippen molar-refractivity contribution in [2.45, 2.75) is 52.4 Å². The van der Waals surface area contributed by atoms with E-state index >= 15 is 0 Å². The molecule has 0 amide bonds. The fourth-order valence-corrected chi connectivity index (χ4v) is 4.88. The van der Waals surface area contributed by atoms with Crippen LogP contribution in [0.15, 0.2) is 83.2 Å². The van der Waals surface area contributed by atoms with Gasteiger partial charge in [0.25, 0.3) is 0 Å². The van der Waals surface area contributed by atoms with Gasteiger partial charge in [-0.3, -0.25) is 4.57 Å². The number of aromatic hydroxyl groups is 1. The second-order valence-electron chi connectivity index (χ2n) is 10.4. The number of para-hydroxylation sites is 2. The minimum atomic E-state index is -0.190. The summed E-state index contributed by atoms with van der Waals surface area (Å²) in [6.07, 6.45) is 0. The lowest BCUT2D eigenvalue weighted by atomic mass is 9.78. The second-order valence-corrected chi connectivity index (χ2v) is 11.3. The maximum Gasteiger partial charge on any atom is 0.195 e. The Bertz CT molecular complexity index is 1290. The van der Waals surface area contributed by atoms with E-state index in [0.717, 1.165) is 38.6 Å². The van der Waals surface area contributed by atoms with Gasteiger partial charge in [-0.25, -0.2) is 4.99 Å². The van der Waals surface area contributed by atoms with Gasteiger partial charge in [0.15, 0.2) is 4.80 Å². The van der Waals surface area contributed by atoms with Crippen molar-refractivity contribution in [2.75, 3.05) is 0 Å². The van der Waals surface area contributed by atoms with E-state index in [0.29, 0.717) is 5.75 Å². The van der Waals surface area contributed by atoms with Gasteiger partial charge < -0.3 is 5.11 Å². The van der Waals surface area contributed by atoms with Gasteiger partial charge in [-0.05, 0) is 47.2 Å². The highest BCUT2D eigenvalue weighted by Gasteiger charge is 2.27. The number of hydrogen-bond donors (Lipinski definition) is 1. The van der Waals surface area contributed by atoms with Gasteiger partial charge in [-0.1, -0.05) is 77.9 Å². The lowest BCUT2D eigenvalue weighted by Gasteiger charge is -2.28. The maximum absolute atomic E-state index is 11.2. The second kappa shape index (κ2) is 9.93. The molecular formula is C29H33BrN2OS. The molecule has 0 bridgehead atoms. The topological polar surface area (TPSA) is 37.5 Å². The Hall–Kier alpha value is -2.63. The van der Waals surface area contributed by atoms with Gasteiger partial charge >= 0.3 is 0 Å². The maximum atomic E-state index is 11.2. The molecule has 178 valence electrons. The predicted octanol–water partition coefficient (Wildman–Crippen LogP) is 8.32. The van der Waals surface area contributed by atoms with Crippen LogP contribution in [0.3, 0.4) is 0 Å². The smallest absolute Gasteiger partial charge is 0.195 e. The van der Waals surface area contributed by atoms with Crippen molar-refractivity contribution < 1.29 is 5.11 Å². The van der Waals surface area contributed by atoms with Crippen LogP contribution in [-0.2, 0) is 10.8 Å². The molecule has 3 nitrogen and oxygen atoms in total. The summed E-state index contributed by atoms with van der Waals surface area (Å²) < 4.78 is 2.21. The summed E-state index contributed by atoms with van der Waals surface area (Å²) >= 11 is 1.63. The molecule has 1 N–H and O–H groups in total. The first-order chi connectivity index (χ1) is 15.6. The third kappa shape index (κ3) is 5.37. The van der Waals surface area contributed by atoms with Crippen LogP contribution in [0.25, 0.3) is 16.9 Å². The molecule has 5 heteroatoms. The minimum Gasteiger partial charge on any atom is -0.507 e. The molecule has 3 aromatic carbocycles. The summed E-state index contributed by atoms with van der Waals surface area (Å²) in [6, 6.07) is 24.7. The number of hydrogen-bond acceptors (Lipinski definition) is 3. The molecular weight excluding hydrogens is 504 g/mol. The van der Waals surface area contributed by atoms with Gasteiger partial charge in [0.05, 0.1) is 11.4 Å². The van der Waals surface area contributed by atoms with E-state index in [1.807, 2.05) is 48.5 Å². The molecule has 0 unspecified atom stereocenters. The van der Waals surface area contributed by atoms with E-state index in [1.54, 1.807) is 11.3 Å². The Balaban J connectivity index is 0.00000324. The van der Waals surface area contributed by atoms with Gasteiger partial charge in [-0.2, -0.15) is 0 Å². The number of phenols is 1. The molecule has 0 aliphatic heterocycles. The van der Waals surface area contributed by atoms with E-state index < -0.39 is 0 Å². The molecule has 0 aliphatic carbocycles. The van der Waals surface area contributed by atoms with Gasteiger partial charge in [-0.15, -0.1) is 28.3 Å². The molecule has 0 atom stereocenters. The fourth-order valence-electron chi connectivity index (χ4n) is 3.96. The first kappa shape index (κ1) is 26.0. The molecule has 0 saturated carbocycles. The van der Waals surface area contributed by atoms with Gasteiger partial charge in [0.1, 0.15) is 5.75 Å². The zero-order valence-electron chi connectivity index (χ0n) is 20.7. The monoisotopic (exact) mass is 536 g/mol. The van der Waals surface area contributed by atoms with E-state index in [2.05, 4.69) is 75.8 Å². The number of thiazole rings is 1. The molecule has 4 aromatic rings. The highest BCUT2D eigenvalue weighted by atomic mass is 79.9. The summed E-state index contributed by atoms with van der Waals surface area (Å²) in [5.74, 6) is 0.398. The Kier molecular flexibility index (Phi) is 7.59. The Morgan fingerprint density at radius 3 is 1.76 bits per heavy atom. The van der Waals surface area contributed by atoms with Gasteiger partial charge in [0.2, 0.25) is 0 Å². The summed E-state index contributed by atoms with van der Waals surface area (Å²) in [4.78, 5) is 5.86. The number of halogens is 1. The first-order valence-corrected chi connectivity index (χ1v) is 12.2. The number of aromatic nitrogens is 1. The van der Waals surface area contributed by atoms with Crippen LogP contribution in [0.2, 0.25) is 0 Å². The predicted molar refractivity (Wildman–Crippen MR) is 150 cm³/mol. The summed E-state index contributed by atoms with van der Waals surface area (Å²) in [6.45, 7) is 12.9. The Morgan fingerprint density at radius 1 is 0.765 bits per heavy atom. The molecule has 1 heterocycles. The lowest BCUT2D eigenvalue weighted by molar-refractivity contribution is 0.423. The average molecular weight is 538 g/mol. The van der Waals surface area contributed by atoms with Crippen LogP contribution in [0, 0.1) is 0 Å². The van der Waals surface area contributed by atoms with Crippen LogP contribution in [0.1, 0.15) is 52.7 Å². The van der Waals surface area contributed by atoms with Gasteiger partial charge in [0, 0.05) is 27.8 Å². The van der Waals surface area contributed by atoms with Crippen molar-refractivity contribution in [3.63, 3.8) is 0 Å². The van der Waals surface area contributed by atoms with Crippen molar-refractivity contribution in [3.8, 4) is 22.7 Å². The molecule has 0 fully saturated rings. The molecule has 1 aromatic heterocycles. The quantitative estimate of drug-likeness (QED) is 0.280. The van der Waals surface area contributed by atoms with Crippen molar-refractivity contribution in [1.29, 1.82) is 0 Å². The Morgan fingerprint density at radius 2 is 1.26 bits per heavy atom. The largest absolute Gasteiger partial charge is 0.507 e. The number of benzene rings is 3. The van der Waals surface area contributed by atoms with Crippen molar-refractivity contribution in [3.05, 3.63) is 94.1 Å². The molecule has 4 rings (SSSR count). The molecule has 0 spiro atoms. The van der Waals surface area contributed by atoms with Crippen molar-refractivity contribution >= 4 is 34.0 Å². The molecule has 0 saturated heterocycles. The lowest BCUT2D eigenvalue weighted by Crippen LogP contribution is -2.18. The highest BCUT2D eigenvalue weighted by Crippen LogP contribution is 2.42. The van der Waals surface area contributed by atoms with Crippen LogP contribution < -0.4 is 4.80 Å². The van der Waals surface area contributed by atoms with Crippen molar-refractivity contribution in [2.24, 2.45) is 4.99 Å². The highest BCUT2D eigenvalue weighted by molar-refractivity contribution is 8.93. The fraction of sp³-hybridized carbons (Fsp3) is 0.276. The minimum absolute atomic E-state index is 0. The molecule has 0 radical (unpaired) electrons. The van der Waals surface area contributed by atoms with E-state index in [1.165, 1.54) is 0 Å². The normalized spacial score (nSPS) is 12.5. The van der Waals surface area contributed by atoms with Crippen LogP contribution in [0.4, 0.5) is 5.69 Å². The third-order valence-corrected chi connectivity index (χ3v) is 6.55. The van der Waals surface area contributed by atoms with E-state index in [-0.39, 0.29) is 27.8 Å². The third-order valence-electron chi connectivity index (χ3n) is 5.73. The number of phenolic OH excluding ortho intramolecular Hbond substituents is 1. The number of rotatable bonds is 3. The molecule has 0 aliphatic rings. The summed E-state index contributed by atoms with van der Waals surface area (Å²) in [5.41, 5.74) is 5.66. The number of nitrogens with zero attached hydrogens (tertiary/aromatic N) is 2. The molecule has 34 heavy (non-hydrogen) atoms. The zero-order chi connectivity index (χ0) is 23.8. The van der Waals surface area contributed by atoms with Crippen molar-refractivity contribution in [1.82, 2.24) is 4.57 Å². The SMILES string of the molecule is Br.CC(C)(C)c1cc(-c2csc(=Nc3ccccc3)n2-c2ccccc2)cc(C(C)(C)C)c1O. The standard InChI is InChI=1S/C29H32N2OS.BrH/c1-28(2,3)23-17-20(18-24(26(23)32)29(4,5)6)25-19-33-27(30-21-13-9-7-10-14-21)31(25)22-15-11-8-12-16-22;/h7-19,32H,1-6H3;1H. The first-order valence-electron chi connectivity index (χ1n) is 11.3. The Labute approximate surface area is 217 Å². The van der Waals surface area contributed by atoms with Crippen LogP contribution >= 0.6 is 28.3 Å².